The average Bonchev–Trinajstić information content (AvgIpc) is 2.95. The Kier molecular flexibility index (Phi) is 6.48. The molecule has 2 aliphatic rings. The Bertz CT molecular complexity index is 1170. The first-order valence-electron chi connectivity index (χ1n) is 9.37. The van der Waals surface area contributed by atoms with Gasteiger partial charge >= 0.3 is 18.2 Å². The Morgan fingerprint density at radius 3 is 2.61 bits per heavy atom. The van der Waals surface area contributed by atoms with Gasteiger partial charge in [-0.05, 0) is 31.4 Å². The van der Waals surface area contributed by atoms with E-state index in [1.807, 2.05) is 0 Å². The summed E-state index contributed by atoms with van der Waals surface area (Å²) in [5.41, 5.74) is -1.21. The zero-order chi connectivity index (χ0) is 24.4. The first-order valence-corrected chi connectivity index (χ1v) is 11.0. The van der Waals surface area contributed by atoms with Gasteiger partial charge in [-0.3, -0.25) is 10.1 Å². The Balaban J connectivity index is 1.74. The molecule has 3 rings (SSSR count). The summed E-state index contributed by atoms with van der Waals surface area (Å²) in [6, 6.07) is 3.72. The minimum atomic E-state index is -5.46. The van der Waals surface area contributed by atoms with Crippen LogP contribution < -0.4 is 5.32 Å². The average molecular weight is 486 g/mol. The monoisotopic (exact) mass is 486 g/mol. The number of hydroxylamine groups is 2. The van der Waals surface area contributed by atoms with Gasteiger partial charge < -0.3 is 4.84 Å². The van der Waals surface area contributed by atoms with Crippen LogP contribution in [-0.4, -0.2) is 71.2 Å². The van der Waals surface area contributed by atoms with Crippen molar-refractivity contribution in [2.24, 2.45) is 0 Å². The van der Waals surface area contributed by atoms with Crippen LogP contribution in [0.4, 0.5) is 18.0 Å². The number of aromatic nitrogens is 1. The van der Waals surface area contributed by atoms with Crippen molar-refractivity contribution >= 4 is 27.9 Å². The molecule has 0 spiro atoms. The van der Waals surface area contributed by atoms with E-state index in [-0.39, 0.29) is 24.6 Å². The number of amides is 3. The highest BCUT2D eigenvalue weighted by Gasteiger charge is 2.57. The minimum Gasteiger partial charge on any atom is -0.327 e. The molecule has 1 aromatic rings. The Labute approximate surface area is 186 Å². The summed E-state index contributed by atoms with van der Waals surface area (Å²) in [6.07, 6.45) is -2.09. The second kappa shape index (κ2) is 8.83. The summed E-state index contributed by atoms with van der Waals surface area (Å²) < 4.78 is 64.4. The van der Waals surface area contributed by atoms with E-state index < -0.39 is 45.4 Å². The van der Waals surface area contributed by atoms with Gasteiger partial charge in [0.2, 0.25) is 10.0 Å². The van der Waals surface area contributed by atoms with Crippen molar-refractivity contribution in [2.45, 2.75) is 25.1 Å². The molecule has 0 saturated carbocycles. The number of halogens is 3. The van der Waals surface area contributed by atoms with Gasteiger partial charge in [0, 0.05) is 24.9 Å². The fraction of sp³-hybridized carbons (Fsp3) is 0.368. The van der Waals surface area contributed by atoms with Crippen LogP contribution in [0.1, 0.15) is 19.0 Å². The number of hydrogen-bond donors (Lipinski definition) is 1. The maximum absolute atomic E-state index is 12.9. The molecule has 0 aliphatic carbocycles. The maximum atomic E-state index is 12.9. The normalized spacial score (nSPS) is 21.7. The number of carbonyl (C=O) groups excluding carboxylic acids is 3. The summed E-state index contributed by atoms with van der Waals surface area (Å²) in [5.74, 6) is 0.639. The second-order valence-corrected chi connectivity index (χ2v) is 9.23. The molecule has 1 saturated heterocycles. The lowest BCUT2D eigenvalue weighted by Crippen LogP contribution is -2.55. The molecule has 0 radical (unpaired) electrons. The molecule has 3 heterocycles. The lowest BCUT2D eigenvalue weighted by Gasteiger charge is -2.32. The van der Waals surface area contributed by atoms with Crippen LogP contribution in [0.25, 0.3) is 0 Å². The van der Waals surface area contributed by atoms with Crippen LogP contribution in [-0.2, 0) is 24.4 Å². The van der Waals surface area contributed by atoms with Crippen LogP contribution in [0, 0.1) is 11.8 Å². The molecule has 14 heteroatoms. The van der Waals surface area contributed by atoms with E-state index >= 15 is 0 Å². The predicted molar refractivity (Wildman–Crippen MR) is 105 cm³/mol. The standard InChI is InChI=1S/C19H17F3N4O6S/c1-18(15(27)24-17(29)26(18)32-16(28)19(20,21)22)12-33(30,31)25-10-7-13(8-11-25)5-6-14-4-2-3-9-23-14/h2-4,7,9H,8,10-12H2,1H3,(H,24,27,29)/t18-/m1/s1. The smallest absolute Gasteiger partial charge is 0.327 e. The first kappa shape index (κ1) is 24.2. The number of imide groups is 1. The van der Waals surface area contributed by atoms with Gasteiger partial charge in [0.25, 0.3) is 5.91 Å². The summed E-state index contributed by atoms with van der Waals surface area (Å²) in [6.45, 7) is 0.763. The van der Waals surface area contributed by atoms with E-state index in [1.165, 1.54) is 0 Å². The molecule has 3 amide bonds. The SMILES string of the molecule is C[C@@]1(CS(=O)(=O)N2CC=C(C#Cc3ccccn3)CC2)C(=O)NC(=O)N1OC(=O)C(F)(F)F. The zero-order valence-corrected chi connectivity index (χ0v) is 17.9. The number of hydrogen-bond acceptors (Lipinski definition) is 7. The third kappa shape index (κ3) is 5.32. The topological polar surface area (TPSA) is 126 Å². The molecule has 1 fully saturated rings. The lowest BCUT2D eigenvalue weighted by atomic mass is 10.1. The van der Waals surface area contributed by atoms with Gasteiger partial charge in [-0.1, -0.05) is 18.1 Å². The first-order chi connectivity index (χ1) is 15.3. The third-order valence-electron chi connectivity index (χ3n) is 4.79. The molecule has 0 bridgehead atoms. The number of rotatable bonds is 4. The fourth-order valence-electron chi connectivity index (χ4n) is 3.04. The molecule has 176 valence electrons. The van der Waals surface area contributed by atoms with Gasteiger partial charge in [-0.2, -0.15) is 17.5 Å². The van der Waals surface area contributed by atoms with E-state index in [1.54, 1.807) is 35.8 Å². The summed E-state index contributed by atoms with van der Waals surface area (Å²) in [5, 5.41) is 1.48. The van der Waals surface area contributed by atoms with Crippen molar-refractivity contribution in [3.05, 3.63) is 41.7 Å². The Hall–Kier alpha value is -3.44. The van der Waals surface area contributed by atoms with Gasteiger partial charge in [-0.25, -0.2) is 23.0 Å². The van der Waals surface area contributed by atoms with Crippen molar-refractivity contribution in [3.63, 3.8) is 0 Å². The zero-order valence-electron chi connectivity index (χ0n) is 17.0. The summed E-state index contributed by atoms with van der Waals surface area (Å²) >= 11 is 0. The van der Waals surface area contributed by atoms with Crippen molar-refractivity contribution < 1.29 is 40.8 Å². The molecule has 2 aliphatic heterocycles. The molecular formula is C19H17F3N4O6S. The maximum Gasteiger partial charge on any atom is 0.493 e. The number of nitrogens with one attached hydrogen (secondary N) is 1. The van der Waals surface area contributed by atoms with Gasteiger partial charge in [0.1, 0.15) is 11.4 Å². The molecule has 1 atom stereocenters. The number of urea groups is 1. The van der Waals surface area contributed by atoms with Crippen LogP contribution >= 0.6 is 0 Å². The molecule has 1 N–H and O–H groups in total. The molecule has 0 aromatic carbocycles. The van der Waals surface area contributed by atoms with Crippen LogP contribution in [0.15, 0.2) is 36.0 Å². The Morgan fingerprint density at radius 2 is 2.03 bits per heavy atom. The number of nitrogens with zero attached hydrogens (tertiary/aromatic N) is 3. The minimum absolute atomic E-state index is 0.0148. The van der Waals surface area contributed by atoms with Crippen molar-refractivity contribution in [1.82, 2.24) is 19.7 Å². The fourth-order valence-corrected chi connectivity index (χ4v) is 4.86. The van der Waals surface area contributed by atoms with E-state index in [4.69, 9.17) is 0 Å². The molecule has 1 aromatic heterocycles. The number of carbonyl (C=O) groups is 3. The van der Waals surface area contributed by atoms with Crippen LogP contribution in [0.5, 0.6) is 0 Å². The van der Waals surface area contributed by atoms with Crippen LogP contribution in [0.2, 0.25) is 0 Å². The number of alkyl halides is 3. The quantitative estimate of drug-likeness (QED) is 0.491. The largest absolute Gasteiger partial charge is 0.493 e. The van der Waals surface area contributed by atoms with Crippen molar-refractivity contribution in [1.29, 1.82) is 0 Å². The highest BCUT2D eigenvalue weighted by Crippen LogP contribution is 2.28. The molecule has 10 nitrogen and oxygen atoms in total. The highest BCUT2D eigenvalue weighted by molar-refractivity contribution is 7.89. The van der Waals surface area contributed by atoms with Gasteiger partial charge in [-0.15, -0.1) is 5.06 Å². The van der Waals surface area contributed by atoms with Crippen molar-refractivity contribution in [3.8, 4) is 11.8 Å². The van der Waals surface area contributed by atoms with E-state index in [9.17, 15) is 36.0 Å². The Morgan fingerprint density at radius 1 is 1.30 bits per heavy atom. The number of pyridine rings is 1. The van der Waals surface area contributed by atoms with E-state index in [2.05, 4.69) is 21.7 Å². The van der Waals surface area contributed by atoms with Crippen LogP contribution in [0.3, 0.4) is 0 Å². The summed E-state index contributed by atoms with van der Waals surface area (Å²) in [4.78, 5) is 43.3. The number of sulfonamides is 1. The summed E-state index contributed by atoms with van der Waals surface area (Å²) in [7, 11) is -4.28. The molecular weight excluding hydrogens is 469 g/mol. The second-order valence-electron chi connectivity index (χ2n) is 7.26. The van der Waals surface area contributed by atoms with Gasteiger partial charge in [0.05, 0.1) is 0 Å². The molecule has 33 heavy (non-hydrogen) atoms. The predicted octanol–water partition coefficient (Wildman–Crippen LogP) is 0.726. The van der Waals surface area contributed by atoms with Gasteiger partial charge in [0.15, 0.2) is 5.54 Å². The highest BCUT2D eigenvalue weighted by atomic mass is 32.2. The van der Waals surface area contributed by atoms with Crippen molar-refractivity contribution in [2.75, 3.05) is 18.8 Å². The van der Waals surface area contributed by atoms with E-state index in [0.29, 0.717) is 11.3 Å². The third-order valence-corrected chi connectivity index (χ3v) is 6.84. The molecule has 0 unspecified atom stereocenters. The van der Waals surface area contributed by atoms with E-state index in [0.717, 1.165) is 11.2 Å². The lowest BCUT2D eigenvalue weighted by molar-refractivity contribution is -0.235.